The zero-order valence-corrected chi connectivity index (χ0v) is 9.53. The van der Waals surface area contributed by atoms with E-state index < -0.39 is 5.76 Å². The largest absolute Gasteiger partial charge is 0.417 e. The standard InChI is InChI=1S/C13H15NO3/c15-8-13(4-1-5-13)7-9-2-3-11-10(6-9)14-12(16)17-11/h2-3,6,15H,1,4-5,7-8H2,(H,14,16). The number of aromatic amines is 1. The van der Waals surface area contributed by atoms with Crippen LogP contribution in [0.15, 0.2) is 27.4 Å². The van der Waals surface area contributed by atoms with Crippen LogP contribution in [0.4, 0.5) is 0 Å². The average Bonchev–Trinajstić information content (AvgIpc) is 2.63. The number of aromatic nitrogens is 1. The molecule has 3 rings (SSSR count). The third kappa shape index (κ3) is 1.78. The number of hydrogen-bond donors (Lipinski definition) is 2. The predicted octanol–water partition coefficient (Wildman–Crippen LogP) is 1.83. The van der Waals surface area contributed by atoms with Crippen molar-refractivity contribution in [2.75, 3.05) is 6.61 Å². The molecule has 4 nitrogen and oxygen atoms in total. The molecule has 90 valence electrons. The molecule has 1 aliphatic carbocycles. The molecular formula is C13H15NO3. The van der Waals surface area contributed by atoms with Crippen LogP contribution in [0.5, 0.6) is 0 Å². The fraction of sp³-hybridized carbons (Fsp3) is 0.462. The lowest BCUT2D eigenvalue weighted by atomic mass is 9.66. The molecule has 0 aliphatic heterocycles. The van der Waals surface area contributed by atoms with Crippen molar-refractivity contribution in [3.63, 3.8) is 0 Å². The van der Waals surface area contributed by atoms with Crippen molar-refractivity contribution < 1.29 is 9.52 Å². The van der Waals surface area contributed by atoms with Crippen molar-refractivity contribution >= 4 is 11.1 Å². The van der Waals surface area contributed by atoms with Crippen molar-refractivity contribution in [2.24, 2.45) is 5.41 Å². The van der Waals surface area contributed by atoms with Crippen LogP contribution in [0.2, 0.25) is 0 Å². The normalized spacial score (nSPS) is 18.2. The SMILES string of the molecule is O=c1[nH]c2cc(CC3(CO)CCC3)ccc2o1. The van der Waals surface area contributed by atoms with E-state index in [0.29, 0.717) is 5.58 Å². The zero-order chi connectivity index (χ0) is 11.9. The second kappa shape index (κ2) is 3.74. The van der Waals surface area contributed by atoms with Crippen LogP contribution in [-0.2, 0) is 6.42 Å². The molecule has 0 unspecified atom stereocenters. The number of H-pyrrole nitrogens is 1. The fourth-order valence-electron chi connectivity index (χ4n) is 2.61. The smallest absolute Gasteiger partial charge is 0.408 e. The molecule has 0 spiro atoms. The Labute approximate surface area is 98.3 Å². The minimum Gasteiger partial charge on any atom is -0.408 e. The fourth-order valence-corrected chi connectivity index (χ4v) is 2.61. The van der Waals surface area contributed by atoms with Crippen LogP contribution < -0.4 is 5.76 Å². The second-order valence-corrected chi connectivity index (χ2v) is 5.03. The van der Waals surface area contributed by atoms with Gasteiger partial charge in [-0.05, 0) is 42.4 Å². The summed E-state index contributed by atoms with van der Waals surface area (Å²) in [7, 11) is 0. The Morgan fingerprint density at radius 3 is 2.88 bits per heavy atom. The Bertz CT molecular complexity index is 586. The molecule has 1 saturated carbocycles. The van der Waals surface area contributed by atoms with E-state index in [9.17, 15) is 9.90 Å². The number of fused-ring (bicyclic) bond motifs is 1. The predicted molar refractivity (Wildman–Crippen MR) is 63.9 cm³/mol. The van der Waals surface area contributed by atoms with Gasteiger partial charge in [-0.1, -0.05) is 12.5 Å². The van der Waals surface area contributed by atoms with Gasteiger partial charge in [0.1, 0.15) is 0 Å². The first kappa shape index (κ1) is 10.6. The van der Waals surface area contributed by atoms with E-state index in [1.807, 2.05) is 18.2 Å². The summed E-state index contributed by atoms with van der Waals surface area (Å²) in [4.78, 5) is 13.7. The Morgan fingerprint density at radius 2 is 2.24 bits per heavy atom. The van der Waals surface area contributed by atoms with Crippen molar-refractivity contribution in [3.8, 4) is 0 Å². The highest BCUT2D eigenvalue weighted by Gasteiger charge is 2.36. The van der Waals surface area contributed by atoms with Gasteiger partial charge in [-0.25, -0.2) is 4.79 Å². The first-order valence-corrected chi connectivity index (χ1v) is 5.93. The van der Waals surface area contributed by atoms with E-state index in [2.05, 4.69) is 4.98 Å². The van der Waals surface area contributed by atoms with Crippen LogP contribution >= 0.6 is 0 Å². The Kier molecular flexibility index (Phi) is 2.33. The average molecular weight is 233 g/mol. The van der Waals surface area contributed by atoms with Gasteiger partial charge >= 0.3 is 5.76 Å². The molecule has 1 aromatic heterocycles. The summed E-state index contributed by atoms with van der Waals surface area (Å²) in [5.41, 5.74) is 2.53. The first-order valence-electron chi connectivity index (χ1n) is 5.93. The van der Waals surface area contributed by atoms with E-state index in [4.69, 9.17) is 4.42 Å². The molecule has 0 amide bonds. The Balaban J connectivity index is 1.92. The molecule has 17 heavy (non-hydrogen) atoms. The maximum Gasteiger partial charge on any atom is 0.417 e. The van der Waals surface area contributed by atoms with Gasteiger partial charge in [0.05, 0.1) is 5.52 Å². The number of hydrogen-bond acceptors (Lipinski definition) is 3. The van der Waals surface area contributed by atoms with Gasteiger partial charge in [0.2, 0.25) is 0 Å². The van der Waals surface area contributed by atoms with E-state index in [-0.39, 0.29) is 12.0 Å². The first-order chi connectivity index (χ1) is 8.21. The third-order valence-electron chi connectivity index (χ3n) is 3.81. The summed E-state index contributed by atoms with van der Waals surface area (Å²) in [6, 6.07) is 5.72. The van der Waals surface area contributed by atoms with Gasteiger partial charge in [-0.15, -0.1) is 0 Å². The van der Waals surface area contributed by atoms with Crippen molar-refractivity contribution in [3.05, 3.63) is 34.3 Å². The number of aliphatic hydroxyl groups excluding tert-OH is 1. The number of oxazole rings is 1. The topological polar surface area (TPSA) is 66.2 Å². The minimum absolute atomic E-state index is 0.0672. The summed E-state index contributed by atoms with van der Waals surface area (Å²) < 4.78 is 4.96. The van der Waals surface area contributed by atoms with Gasteiger partial charge < -0.3 is 9.52 Å². The van der Waals surface area contributed by atoms with Gasteiger partial charge in [-0.2, -0.15) is 0 Å². The van der Waals surface area contributed by atoms with Gasteiger partial charge in [0, 0.05) is 6.61 Å². The summed E-state index contributed by atoms with van der Waals surface area (Å²) >= 11 is 0. The monoisotopic (exact) mass is 233 g/mol. The van der Waals surface area contributed by atoms with Gasteiger partial charge in [0.25, 0.3) is 0 Å². The lowest BCUT2D eigenvalue weighted by Crippen LogP contribution is -2.35. The maximum absolute atomic E-state index is 11.0. The molecular weight excluding hydrogens is 218 g/mol. The Morgan fingerprint density at radius 1 is 1.41 bits per heavy atom. The van der Waals surface area contributed by atoms with Crippen LogP contribution in [0.3, 0.4) is 0 Å². The van der Waals surface area contributed by atoms with Crippen LogP contribution in [-0.4, -0.2) is 16.7 Å². The quantitative estimate of drug-likeness (QED) is 0.849. The van der Waals surface area contributed by atoms with E-state index >= 15 is 0 Å². The Hall–Kier alpha value is -1.55. The molecule has 1 fully saturated rings. The number of rotatable bonds is 3. The van der Waals surface area contributed by atoms with Crippen LogP contribution in [0, 0.1) is 5.41 Å². The van der Waals surface area contributed by atoms with Gasteiger partial charge in [0.15, 0.2) is 5.58 Å². The molecule has 1 aromatic carbocycles. The summed E-state index contributed by atoms with van der Waals surface area (Å²) in [5.74, 6) is -0.419. The number of aliphatic hydroxyl groups is 1. The van der Waals surface area contributed by atoms with Crippen LogP contribution in [0.25, 0.3) is 11.1 Å². The lowest BCUT2D eigenvalue weighted by Gasteiger charge is -2.40. The molecule has 0 atom stereocenters. The van der Waals surface area contributed by atoms with E-state index in [1.54, 1.807) is 0 Å². The zero-order valence-electron chi connectivity index (χ0n) is 9.53. The van der Waals surface area contributed by atoms with Crippen molar-refractivity contribution in [1.29, 1.82) is 0 Å². The summed E-state index contributed by atoms with van der Waals surface area (Å²) in [5, 5.41) is 9.44. The van der Waals surface area contributed by atoms with E-state index in [1.165, 1.54) is 6.42 Å². The second-order valence-electron chi connectivity index (χ2n) is 5.03. The molecule has 1 heterocycles. The van der Waals surface area contributed by atoms with Gasteiger partial charge in [-0.3, -0.25) is 4.98 Å². The lowest BCUT2D eigenvalue weighted by molar-refractivity contribution is 0.0450. The maximum atomic E-state index is 11.0. The van der Waals surface area contributed by atoms with Crippen LogP contribution in [0.1, 0.15) is 24.8 Å². The van der Waals surface area contributed by atoms with Crippen molar-refractivity contribution in [1.82, 2.24) is 4.98 Å². The number of benzene rings is 1. The minimum atomic E-state index is -0.419. The van der Waals surface area contributed by atoms with E-state index in [0.717, 1.165) is 30.3 Å². The molecule has 0 bridgehead atoms. The highest BCUT2D eigenvalue weighted by molar-refractivity contribution is 5.72. The molecule has 2 aromatic rings. The molecule has 0 saturated heterocycles. The highest BCUT2D eigenvalue weighted by Crippen LogP contribution is 2.43. The van der Waals surface area contributed by atoms with Crippen molar-refractivity contribution in [2.45, 2.75) is 25.7 Å². The molecule has 0 radical (unpaired) electrons. The summed E-state index contributed by atoms with van der Waals surface area (Å²) in [6.07, 6.45) is 4.24. The molecule has 1 aliphatic rings. The molecule has 2 N–H and O–H groups in total. The highest BCUT2D eigenvalue weighted by atomic mass is 16.4. The third-order valence-corrected chi connectivity index (χ3v) is 3.81. The molecule has 4 heteroatoms. The summed E-state index contributed by atoms with van der Waals surface area (Å²) in [6.45, 7) is 0.243. The number of nitrogens with one attached hydrogen (secondary N) is 1.